The summed E-state index contributed by atoms with van der Waals surface area (Å²) in [4.78, 5) is 8.70. The summed E-state index contributed by atoms with van der Waals surface area (Å²) in [5, 5.41) is 4.04. The van der Waals surface area contributed by atoms with E-state index in [2.05, 4.69) is 9.97 Å². The maximum absolute atomic E-state index is 5.93. The number of nitrogens with two attached hydrogens (primary N) is 1. The van der Waals surface area contributed by atoms with Crippen LogP contribution in [0.2, 0.25) is 0 Å². The maximum Gasteiger partial charge on any atom is 0.207 e. The molecule has 3 rings (SSSR count). The molecular weight excluding hydrogens is 220 g/mol. The number of hydrogen-bond donors (Lipinski definition) is 1. The fourth-order valence-corrected chi connectivity index (χ4v) is 2.37. The van der Waals surface area contributed by atoms with E-state index in [1.165, 1.54) is 0 Å². The van der Waals surface area contributed by atoms with Crippen molar-refractivity contribution in [3.63, 3.8) is 0 Å². The number of aryl methyl sites for hydroxylation is 1. The van der Waals surface area contributed by atoms with Crippen molar-refractivity contribution in [3.05, 3.63) is 34.7 Å². The first kappa shape index (κ1) is 9.35. The molecule has 5 heteroatoms. The standard InChI is InChI=1S/C11H10N4S/c1-7-2-4-13-10-9(7)14-11(12)15(10)8-3-5-16-6-8/h2-6H,1H3,(H2,12,14). The highest BCUT2D eigenvalue weighted by atomic mass is 32.1. The van der Waals surface area contributed by atoms with Gasteiger partial charge in [0.05, 0.1) is 5.69 Å². The molecule has 0 aliphatic carbocycles. The lowest BCUT2D eigenvalue weighted by Crippen LogP contribution is -1.99. The third kappa shape index (κ3) is 1.22. The van der Waals surface area contributed by atoms with Gasteiger partial charge >= 0.3 is 0 Å². The SMILES string of the molecule is Cc1ccnc2c1nc(N)n2-c1ccsc1. The van der Waals surface area contributed by atoms with E-state index in [0.717, 1.165) is 22.4 Å². The van der Waals surface area contributed by atoms with E-state index in [9.17, 15) is 0 Å². The van der Waals surface area contributed by atoms with Crippen LogP contribution >= 0.6 is 11.3 Å². The second-order valence-electron chi connectivity index (χ2n) is 3.59. The Morgan fingerprint density at radius 2 is 2.25 bits per heavy atom. The van der Waals surface area contributed by atoms with Crippen molar-refractivity contribution in [2.45, 2.75) is 6.92 Å². The lowest BCUT2D eigenvalue weighted by Gasteiger charge is -2.01. The van der Waals surface area contributed by atoms with Crippen molar-refractivity contribution < 1.29 is 0 Å². The van der Waals surface area contributed by atoms with E-state index >= 15 is 0 Å². The molecule has 0 radical (unpaired) electrons. The van der Waals surface area contributed by atoms with Gasteiger partial charge in [0.15, 0.2) is 5.65 Å². The van der Waals surface area contributed by atoms with E-state index in [0.29, 0.717) is 5.95 Å². The quantitative estimate of drug-likeness (QED) is 0.698. The van der Waals surface area contributed by atoms with Crippen molar-refractivity contribution in [1.29, 1.82) is 0 Å². The Kier molecular flexibility index (Phi) is 1.94. The van der Waals surface area contributed by atoms with Crippen LogP contribution in [0.25, 0.3) is 16.9 Å². The average molecular weight is 230 g/mol. The maximum atomic E-state index is 5.93. The van der Waals surface area contributed by atoms with Crippen molar-refractivity contribution in [2.75, 3.05) is 5.73 Å². The van der Waals surface area contributed by atoms with Gasteiger partial charge in [-0.05, 0) is 30.0 Å². The largest absolute Gasteiger partial charge is 0.369 e. The van der Waals surface area contributed by atoms with Crippen LogP contribution in [0.5, 0.6) is 0 Å². The molecular formula is C11H10N4S. The zero-order valence-corrected chi connectivity index (χ0v) is 9.53. The smallest absolute Gasteiger partial charge is 0.207 e. The van der Waals surface area contributed by atoms with Gasteiger partial charge in [-0.3, -0.25) is 4.57 Å². The molecule has 3 heterocycles. The highest BCUT2D eigenvalue weighted by molar-refractivity contribution is 7.08. The Morgan fingerprint density at radius 3 is 3.00 bits per heavy atom. The molecule has 4 nitrogen and oxygen atoms in total. The lowest BCUT2D eigenvalue weighted by molar-refractivity contribution is 1.09. The van der Waals surface area contributed by atoms with E-state index in [-0.39, 0.29) is 0 Å². The number of rotatable bonds is 1. The Bertz CT molecular complexity index is 639. The zero-order valence-electron chi connectivity index (χ0n) is 8.71. The molecule has 0 aliphatic heterocycles. The number of nitrogen functional groups attached to an aromatic ring is 1. The number of aromatic nitrogens is 3. The Morgan fingerprint density at radius 1 is 1.38 bits per heavy atom. The van der Waals surface area contributed by atoms with Crippen molar-refractivity contribution in [3.8, 4) is 5.69 Å². The first-order chi connectivity index (χ1) is 7.77. The Balaban J connectivity index is 2.41. The summed E-state index contributed by atoms with van der Waals surface area (Å²) in [6, 6.07) is 3.94. The second kappa shape index (κ2) is 3.31. The van der Waals surface area contributed by atoms with Gasteiger partial charge in [-0.2, -0.15) is 11.3 Å². The van der Waals surface area contributed by atoms with Gasteiger partial charge in [-0.1, -0.05) is 0 Å². The third-order valence-corrected chi connectivity index (χ3v) is 3.21. The first-order valence-corrected chi connectivity index (χ1v) is 5.84. The summed E-state index contributed by atoms with van der Waals surface area (Å²) in [5.41, 5.74) is 9.72. The van der Waals surface area contributed by atoms with Crippen LogP contribution in [0, 0.1) is 6.92 Å². The fraction of sp³-hybridized carbons (Fsp3) is 0.0909. The third-order valence-electron chi connectivity index (χ3n) is 2.54. The molecule has 0 aromatic carbocycles. The minimum Gasteiger partial charge on any atom is -0.369 e. The summed E-state index contributed by atoms with van der Waals surface area (Å²) in [5.74, 6) is 0.482. The molecule has 3 aromatic heterocycles. The molecule has 0 atom stereocenters. The van der Waals surface area contributed by atoms with E-state index in [4.69, 9.17) is 5.73 Å². The molecule has 0 unspecified atom stereocenters. The molecule has 0 amide bonds. The average Bonchev–Trinajstić information content (AvgIpc) is 2.85. The molecule has 16 heavy (non-hydrogen) atoms. The summed E-state index contributed by atoms with van der Waals surface area (Å²) >= 11 is 1.63. The lowest BCUT2D eigenvalue weighted by atomic mass is 10.3. The molecule has 0 spiro atoms. The molecule has 80 valence electrons. The topological polar surface area (TPSA) is 56.7 Å². The normalized spacial score (nSPS) is 11.1. The molecule has 0 bridgehead atoms. The minimum atomic E-state index is 0.482. The van der Waals surface area contributed by atoms with Gasteiger partial charge in [0.2, 0.25) is 5.95 Å². The summed E-state index contributed by atoms with van der Waals surface area (Å²) < 4.78 is 1.87. The number of hydrogen-bond acceptors (Lipinski definition) is 4. The zero-order chi connectivity index (χ0) is 11.1. The van der Waals surface area contributed by atoms with E-state index < -0.39 is 0 Å². The van der Waals surface area contributed by atoms with Gasteiger partial charge in [0, 0.05) is 11.6 Å². The van der Waals surface area contributed by atoms with Crippen LogP contribution in [-0.2, 0) is 0 Å². The van der Waals surface area contributed by atoms with Crippen LogP contribution < -0.4 is 5.73 Å². The van der Waals surface area contributed by atoms with Crippen molar-refractivity contribution in [2.24, 2.45) is 0 Å². The first-order valence-electron chi connectivity index (χ1n) is 4.89. The number of imidazole rings is 1. The van der Waals surface area contributed by atoms with Gasteiger partial charge in [-0.15, -0.1) is 0 Å². The summed E-state index contributed by atoms with van der Waals surface area (Å²) in [6.45, 7) is 2.01. The van der Waals surface area contributed by atoms with Crippen LogP contribution in [0.15, 0.2) is 29.1 Å². The second-order valence-corrected chi connectivity index (χ2v) is 4.37. The Labute approximate surface area is 96.4 Å². The minimum absolute atomic E-state index is 0.482. The number of thiophene rings is 1. The van der Waals surface area contributed by atoms with E-state index in [1.807, 2.05) is 34.4 Å². The van der Waals surface area contributed by atoms with Gasteiger partial charge in [0.1, 0.15) is 5.52 Å². The van der Waals surface area contributed by atoms with Crippen molar-refractivity contribution in [1.82, 2.24) is 14.5 Å². The fourth-order valence-electron chi connectivity index (χ4n) is 1.75. The van der Waals surface area contributed by atoms with Gasteiger partial charge in [-0.25, -0.2) is 9.97 Å². The van der Waals surface area contributed by atoms with E-state index in [1.54, 1.807) is 17.5 Å². The number of nitrogens with zero attached hydrogens (tertiary/aromatic N) is 3. The number of pyridine rings is 1. The van der Waals surface area contributed by atoms with Crippen LogP contribution in [0.4, 0.5) is 5.95 Å². The molecule has 2 N–H and O–H groups in total. The molecule has 0 saturated heterocycles. The Hall–Kier alpha value is -1.88. The molecule has 3 aromatic rings. The van der Waals surface area contributed by atoms with Crippen LogP contribution in [0.3, 0.4) is 0 Å². The molecule has 0 saturated carbocycles. The van der Waals surface area contributed by atoms with Crippen LogP contribution in [0.1, 0.15) is 5.56 Å². The highest BCUT2D eigenvalue weighted by Crippen LogP contribution is 2.24. The summed E-state index contributed by atoms with van der Waals surface area (Å²) in [6.07, 6.45) is 1.78. The molecule has 0 aliphatic rings. The monoisotopic (exact) mass is 230 g/mol. The van der Waals surface area contributed by atoms with Crippen LogP contribution in [-0.4, -0.2) is 14.5 Å². The highest BCUT2D eigenvalue weighted by Gasteiger charge is 2.12. The predicted octanol–water partition coefficient (Wildman–Crippen LogP) is 2.37. The number of fused-ring (bicyclic) bond motifs is 1. The van der Waals surface area contributed by atoms with Crippen molar-refractivity contribution >= 4 is 28.4 Å². The van der Waals surface area contributed by atoms with Gasteiger partial charge in [0.25, 0.3) is 0 Å². The van der Waals surface area contributed by atoms with Gasteiger partial charge < -0.3 is 5.73 Å². The predicted molar refractivity (Wildman–Crippen MR) is 65.9 cm³/mol. The summed E-state index contributed by atoms with van der Waals surface area (Å²) in [7, 11) is 0. The molecule has 0 fully saturated rings. The number of anilines is 1.